The second kappa shape index (κ2) is 13.3. The Kier molecular flexibility index (Phi) is 10.4. The molecule has 7 nitrogen and oxygen atoms in total. The minimum Gasteiger partial charge on any atom is -0.355 e. The zero-order valence-corrected chi connectivity index (χ0v) is 24.8. The Bertz CT molecular complexity index is 1430. The molecule has 208 valence electrons. The molecule has 0 aliphatic rings. The van der Waals surface area contributed by atoms with E-state index in [9.17, 15) is 18.0 Å². The van der Waals surface area contributed by atoms with Gasteiger partial charge in [-0.05, 0) is 68.7 Å². The number of nitrogens with zero attached hydrogens (tertiary/aromatic N) is 2. The van der Waals surface area contributed by atoms with Gasteiger partial charge in [-0.25, -0.2) is 8.42 Å². The highest BCUT2D eigenvalue weighted by molar-refractivity contribution is 7.92. The zero-order valence-electron chi connectivity index (χ0n) is 22.4. The van der Waals surface area contributed by atoms with E-state index in [4.69, 9.17) is 23.2 Å². The Hall–Kier alpha value is -3.07. The first-order valence-corrected chi connectivity index (χ1v) is 14.8. The van der Waals surface area contributed by atoms with Crippen molar-refractivity contribution in [1.82, 2.24) is 10.2 Å². The summed E-state index contributed by atoms with van der Waals surface area (Å²) in [5, 5.41) is 3.46. The summed E-state index contributed by atoms with van der Waals surface area (Å²) in [4.78, 5) is 28.5. The van der Waals surface area contributed by atoms with Crippen LogP contribution in [0.1, 0.15) is 37.0 Å². The van der Waals surface area contributed by atoms with Gasteiger partial charge >= 0.3 is 0 Å². The molecule has 0 aliphatic heterocycles. The molecule has 0 saturated carbocycles. The molecule has 1 N–H and O–H groups in total. The van der Waals surface area contributed by atoms with Crippen molar-refractivity contribution in [2.45, 2.75) is 51.6 Å². The third-order valence-corrected chi connectivity index (χ3v) is 8.82. The number of anilines is 1. The van der Waals surface area contributed by atoms with E-state index in [0.29, 0.717) is 39.8 Å². The van der Waals surface area contributed by atoms with Gasteiger partial charge in [-0.2, -0.15) is 0 Å². The third-order valence-electron chi connectivity index (χ3n) is 6.30. The number of carbonyl (C=O) groups excluding carboxylic acids is 2. The number of sulfonamides is 1. The number of amides is 2. The van der Waals surface area contributed by atoms with Gasteiger partial charge in [0.05, 0.1) is 20.6 Å². The average molecular weight is 591 g/mol. The lowest BCUT2D eigenvalue weighted by atomic mass is 10.1. The first-order chi connectivity index (χ1) is 18.5. The van der Waals surface area contributed by atoms with Gasteiger partial charge in [0.2, 0.25) is 11.8 Å². The molecule has 0 bridgehead atoms. The summed E-state index contributed by atoms with van der Waals surface area (Å²) in [7, 11) is -4.12. The molecule has 0 heterocycles. The number of rotatable bonds is 11. The van der Waals surface area contributed by atoms with Crippen molar-refractivity contribution in [3.05, 3.63) is 93.5 Å². The van der Waals surface area contributed by atoms with Gasteiger partial charge in [0, 0.05) is 13.1 Å². The van der Waals surface area contributed by atoms with Crippen LogP contribution in [-0.4, -0.2) is 44.3 Å². The Morgan fingerprint density at radius 2 is 1.62 bits per heavy atom. The van der Waals surface area contributed by atoms with E-state index < -0.39 is 28.5 Å². The van der Waals surface area contributed by atoms with Gasteiger partial charge in [-0.1, -0.05) is 72.1 Å². The number of halogens is 2. The van der Waals surface area contributed by atoms with E-state index in [1.165, 1.54) is 17.0 Å². The molecular formula is C29H33Cl2N3O4S. The van der Waals surface area contributed by atoms with Crippen LogP contribution in [0.2, 0.25) is 10.0 Å². The van der Waals surface area contributed by atoms with E-state index >= 15 is 0 Å². The van der Waals surface area contributed by atoms with E-state index in [-0.39, 0.29) is 17.3 Å². The van der Waals surface area contributed by atoms with Crippen molar-refractivity contribution in [2.24, 2.45) is 0 Å². The molecular weight excluding hydrogens is 557 g/mol. The topological polar surface area (TPSA) is 86.8 Å². The Balaban J connectivity index is 2.09. The average Bonchev–Trinajstić information content (AvgIpc) is 2.90. The molecule has 3 aromatic carbocycles. The molecule has 0 spiro atoms. The van der Waals surface area contributed by atoms with Crippen LogP contribution in [0.25, 0.3) is 0 Å². The van der Waals surface area contributed by atoms with Gasteiger partial charge in [0.1, 0.15) is 12.6 Å². The number of aryl methyl sites for hydroxylation is 2. The largest absolute Gasteiger partial charge is 0.355 e. The number of likely N-dealkylation sites (N-methyl/N-ethyl adjacent to an activating group) is 1. The fourth-order valence-corrected chi connectivity index (χ4v) is 6.18. The first-order valence-electron chi connectivity index (χ1n) is 12.7. The van der Waals surface area contributed by atoms with Gasteiger partial charge in [-0.3, -0.25) is 13.9 Å². The van der Waals surface area contributed by atoms with Crippen LogP contribution in [0.3, 0.4) is 0 Å². The summed E-state index contributed by atoms with van der Waals surface area (Å²) >= 11 is 12.3. The predicted octanol–water partition coefficient (Wildman–Crippen LogP) is 5.75. The summed E-state index contributed by atoms with van der Waals surface area (Å²) in [6.45, 7) is 7.24. The molecule has 0 saturated heterocycles. The fraction of sp³-hybridized carbons (Fsp3) is 0.310. The Labute approximate surface area is 240 Å². The number of carbonyl (C=O) groups is 2. The number of benzene rings is 3. The highest BCUT2D eigenvalue weighted by Gasteiger charge is 2.34. The van der Waals surface area contributed by atoms with Gasteiger partial charge in [0.25, 0.3) is 10.0 Å². The molecule has 0 radical (unpaired) electrons. The van der Waals surface area contributed by atoms with Crippen molar-refractivity contribution < 1.29 is 18.0 Å². The minimum absolute atomic E-state index is 0.0392. The van der Waals surface area contributed by atoms with Crippen LogP contribution in [0, 0.1) is 13.8 Å². The number of hydrogen-bond acceptors (Lipinski definition) is 4. The maximum atomic E-state index is 14.0. The molecule has 0 fully saturated rings. The van der Waals surface area contributed by atoms with Gasteiger partial charge < -0.3 is 10.2 Å². The summed E-state index contributed by atoms with van der Waals surface area (Å²) in [5.41, 5.74) is 2.71. The van der Waals surface area contributed by atoms with Crippen LogP contribution in [0.15, 0.2) is 71.6 Å². The van der Waals surface area contributed by atoms with Crippen molar-refractivity contribution >= 4 is 50.7 Å². The number of nitrogens with one attached hydrogen (secondary N) is 1. The fourth-order valence-electron chi connectivity index (χ4n) is 4.36. The van der Waals surface area contributed by atoms with Crippen LogP contribution in [-0.2, 0) is 26.2 Å². The molecule has 1 unspecified atom stereocenters. The molecule has 2 amide bonds. The van der Waals surface area contributed by atoms with Gasteiger partial charge in [0.15, 0.2) is 0 Å². The second-order valence-corrected chi connectivity index (χ2v) is 11.9. The van der Waals surface area contributed by atoms with E-state index in [1.807, 2.05) is 13.0 Å². The summed E-state index contributed by atoms with van der Waals surface area (Å²) < 4.78 is 28.9. The maximum Gasteiger partial charge on any atom is 0.264 e. The van der Waals surface area contributed by atoms with E-state index in [2.05, 4.69) is 5.32 Å². The molecule has 1 atom stereocenters. The third kappa shape index (κ3) is 7.32. The van der Waals surface area contributed by atoms with E-state index in [1.54, 1.807) is 69.3 Å². The van der Waals surface area contributed by atoms with Crippen LogP contribution >= 0.6 is 23.2 Å². The summed E-state index contributed by atoms with van der Waals surface area (Å²) in [5.74, 6) is -0.851. The first kappa shape index (κ1) is 30.5. The molecule has 0 aromatic heterocycles. The molecule has 3 aromatic rings. The Morgan fingerprint density at radius 3 is 2.21 bits per heavy atom. The van der Waals surface area contributed by atoms with Crippen LogP contribution in [0.4, 0.5) is 5.69 Å². The lowest BCUT2D eigenvalue weighted by Crippen LogP contribution is -2.52. The Morgan fingerprint density at radius 1 is 0.923 bits per heavy atom. The monoisotopic (exact) mass is 589 g/mol. The molecule has 10 heteroatoms. The molecule has 0 aliphatic carbocycles. The van der Waals surface area contributed by atoms with Crippen LogP contribution < -0.4 is 9.62 Å². The lowest BCUT2D eigenvalue weighted by molar-refractivity contribution is -0.140. The van der Waals surface area contributed by atoms with Crippen molar-refractivity contribution in [3.8, 4) is 0 Å². The van der Waals surface area contributed by atoms with Gasteiger partial charge in [-0.15, -0.1) is 0 Å². The number of hydrogen-bond donors (Lipinski definition) is 1. The smallest absolute Gasteiger partial charge is 0.264 e. The molecule has 3 rings (SSSR count). The second-order valence-electron chi connectivity index (χ2n) is 9.20. The zero-order chi connectivity index (χ0) is 28.7. The standard InChI is InChI=1S/C29H33Cl2N3O4S/c1-5-26(29(36)32-6-2)33(18-22-13-14-24(30)25(31)17-22)28(35)19-34(27-15-12-20(3)16-21(27)4)39(37,38)23-10-8-7-9-11-23/h7-17,26H,5-6,18-19H2,1-4H3,(H,32,36). The highest BCUT2D eigenvalue weighted by Crippen LogP contribution is 2.29. The highest BCUT2D eigenvalue weighted by atomic mass is 35.5. The van der Waals surface area contributed by atoms with Crippen molar-refractivity contribution in [2.75, 3.05) is 17.4 Å². The lowest BCUT2D eigenvalue weighted by Gasteiger charge is -2.33. The van der Waals surface area contributed by atoms with Crippen molar-refractivity contribution in [3.63, 3.8) is 0 Å². The minimum atomic E-state index is -4.12. The SMILES string of the molecule is CCNC(=O)C(CC)N(Cc1ccc(Cl)c(Cl)c1)C(=O)CN(c1ccc(C)cc1C)S(=O)(=O)c1ccccc1. The summed E-state index contributed by atoms with van der Waals surface area (Å²) in [6, 6.07) is 17.5. The van der Waals surface area contributed by atoms with Crippen LogP contribution in [0.5, 0.6) is 0 Å². The quantitative estimate of drug-likeness (QED) is 0.308. The predicted molar refractivity (Wildman–Crippen MR) is 157 cm³/mol. The molecule has 39 heavy (non-hydrogen) atoms. The van der Waals surface area contributed by atoms with E-state index in [0.717, 1.165) is 9.87 Å². The summed E-state index contributed by atoms with van der Waals surface area (Å²) in [6.07, 6.45) is 0.327. The maximum absolute atomic E-state index is 14.0. The van der Waals surface area contributed by atoms with Crippen molar-refractivity contribution in [1.29, 1.82) is 0 Å². The normalized spacial score (nSPS) is 12.1.